The van der Waals surface area contributed by atoms with Crippen LogP contribution >= 0.6 is 30.2 Å². The van der Waals surface area contributed by atoms with Crippen LogP contribution in [0.15, 0.2) is 0 Å². The third-order valence-electron chi connectivity index (χ3n) is 1.97. The van der Waals surface area contributed by atoms with Crippen LogP contribution in [-0.4, -0.2) is 29.5 Å². The molecular formula is C9H21N2OPS2. The van der Waals surface area contributed by atoms with E-state index in [-0.39, 0.29) is 0 Å². The van der Waals surface area contributed by atoms with Crippen LogP contribution in [0.1, 0.15) is 33.1 Å². The van der Waals surface area contributed by atoms with Gasteiger partial charge in [0.05, 0.1) is 4.99 Å². The Labute approximate surface area is 103 Å². The van der Waals surface area contributed by atoms with Crippen molar-refractivity contribution >= 4 is 35.2 Å². The van der Waals surface area contributed by atoms with E-state index in [2.05, 4.69) is 18.9 Å². The summed E-state index contributed by atoms with van der Waals surface area (Å²) in [6, 6.07) is 0. The Bertz CT molecular complexity index is 248. The van der Waals surface area contributed by atoms with E-state index in [1.54, 1.807) is 11.7 Å². The minimum Gasteiger partial charge on any atom is -0.300 e. The van der Waals surface area contributed by atoms with Crippen molar-refractivity contribution in [1.29, 1.82) is 0 Å². The molecule has 0 fully saturated rings. The van der Waals surface area contributed by atoms with Crippen LogP contribution < -0.4 is 5.09 Å². The maximum absolute atomic E-state index is 12.4. The van der Waals surface area contributed by atoms with E-state index in [0.29, 0.717) is 0 Å². The molecule has 0 radical (unpaired) electrons. The van der Waals surface area contributed by atoms with E-state index in [0.717, 1.165) is 30.0 Å². The molecule has 0 aromatic carbocycles. The van der Waals surface area contributed by atoms with Crippen LogP contribution in [-0.2, 0) is 4.57 Å². The van der Waals surface area contributed by atoms with Gasteiger partial charge in [0.1, 0.15) is 0 Å². The zero-order valence-electron chi connectivity index (χ0n) is 9.95. The lowest BCUT2D eigenvalue weighted by molar-refractivity contribution is 0.547. The standard InChI is InChI=1S/C9H21N2OPS2/c1-5-7-9(14)11(4)13(12,10-3)15-8-6-2/h5-8H2,1-4H3,(H,10,12). The van der Waals surface area contributed by atoms with E-state index in [1.807, 2.05) is 7.05 Å². The summed E-state index contributed by atoms with van der Waals surface area (Å²) in [6.07, 6.45) is 2.83. The van der Waals surface area contributed by atoms with Crippen LogP contribution in [0.4, 0.5) is 0 Å². The van der Waals surface area contributed by atoms with Crippen LogP contribution in [0, 0.1) is 0 Å². The fourth-order valence-electron chi connectivity index (χ4n) is 1.04. The number of nitrogens with one attached hydrogen (secondary N) is 1. The zero-order valence-corrected chi connectivity index (χ0v) is 12.5. The highest BCUT2D eigenvalue weighted by molar-refractivity contribution is 8.56. The van der Waals surface area contributed by atoms with Gasteiger partial charge in [-0.1, -0.05) is 37.4 Å². The second-order valence-corrected chi connectivity index (χ2v) is 8.73. The molecule has 90 valence electrons. The van der Waals surface area contributed by atoms with Crippen molar-refractivity contribution in [3.63, 3.8) is 0 Å². The van der Waals surface area contributed by atoms with Gasteiger partial charge in [-0.2, -0.15) is 0 Å². The molecule has 1 unspecified atom stereocenters. The highest BCUT2D eigenvalue weighted by Gasteiger charge is 2.27. The molecule has 0 heterocycles. The molecule has 15 heavy (non-hydrogen) atoms. The summed E-state index contributed by atoms with van der Waals surface area (Å²) in [6.45, 7) is 1.62. The predicted octanol–water partition coefficient (Wildman–Crippen LogP) is 3.52. The van der Waals surface area contributed by atoms with Crippen molar-refractivity contribution in [2.75, 3.05) is 19.8 Å². The van der Waals surface area contributed by atoms with Crippen LogP contribution in [0.3, 0.4) is 0 Å². The Morgan fingerprint density at radius 1 is 1.47 bits per heavy atom. The first-order valence-corrected chi connectivity index (χ1v) is 8.88. The average Bonchev–Trinajstić information content (AvgIpc) is 2.25. The van der Waals surface area contributed by atoms with Crippen molar-refractivity contribution in [2.45, 2.75) is 33.1 Å². The van der Waals surface area contributed by atoms with Crippen molar-refractivity contribution < 1.29 is 4.57 Å². The summed E-state index contributed by atoms with van der Waals surface area (Å²) in [7, 11) is 3.55. The molecule has 0 aliphatic rings. The first-order chi connectivity index (χ1) is 7.01. The van der Waals surface area contributed by atoms with Crippen LogP contribution in [0.5, 0.6) is 0 Å². The van der Waals surface area contributed by atoms with Gasteiger partial charge in [0.25, 0.3) is 6.65 Å². The quantitative estimate of drug-likeness (QED) is 0.564. The molecule has 6 heteroatoms. The Hall–Kier alpha value is 0.430. The molecule has 1 atom stereocenters. The van der Waals surface area contributed by atoms with Crippen molar-refractivity contribution in [3.05, 3.63) is 0 Å². The highest BCUT2D eigenvalue weighted by atomic mass is 32.7. The Balaban J connectivity index is 4.49. The molecule has 0 amide bonds. The second kappa shape index (κ2) is 7.66. The Morgan fingerprint density at radius 3 is 2.47 bits per heavy atom. The number of thiocarbonyl (C=S) groups is 1. The molecule has 0 spiro atoms. The summed E-state index contributed by atoms with van der Waals surface area (Å²) in [4.78, 5) is 0.777. The van der Waals surface area contributed by atoms with Gasteiger partial charge in [-0.25, -0.2) is 5.09 Å². The summed E-state index contributed by atoms with van der Waals surface area (Å²) in [5.74, 6) is 0.886. The average molecular weight is 268 g/mol. The van der Waals surface area contributed by atoms with Crippen molar-refractivity contribution in [1.82, 2.24) is 9.76 Å². The fourth-order valence-corrected chi connectivity index (χ4v) is 5.66. The molecule has 0 aromatic rings. The Morgan fingerprint density at radius 2 is 2.07 bits per heavy atom. The lowest BCUT2D eigenvalue weighted by Gasteiger charge is -2.28. The van der Waals surface area contributed by atoms with Gasteiger partial charge in [0, 0.05) is 12.8 Å². The van der Waals surface area contributed by atoms with Crippen LogP contribution in [0.2, 0.25) is 0 Å². The first kappa shape index (κ1) is 15.4. The van der Waals surface area contributed by atoms with Gasteiger partial charge in [0.2, 0.25) is 0 Å². The molecule has 0 aliphatic heterocycles. The maximum Gasteiger partial charge on any atom is 0.292 e. The number of hydrogen-bond acceptors (Lipinski definition) is 3. The molecule has 0 rings (SSSR count). The first-order valence-electron chi connectivity index (χ1n) is 5.22. The number of hydrogen-bond donors (Lipinski definition) is 1. The van der Waals surface area contributed by atoms with Gasteiger partial charge in [-0.3, -0.25) is 4.57 Å². The molecule has 0 saturated heterocycles. The lowest BCUT2D eigenvalue weighted by Crippen LogP contribution is -2.25. The third-order valence-corrected chi connectivity index (χ3v) is 8.00. The summed E-state index contributed by atoms with van der Waals surface area (Å²) in [5.41, 5.74) is 0. The molecule has 1 N–H and O–H groups in total. The molecule has 0 bridgehead atoms. The zero-order chi connectivity index (χ0) is 11.9. The summed E-state index contributed by atoms with van der Waals surface area (Å²) in [5, 5.41) is 2.91. The number of rotatable bonds is 7. The van der Waals surface area contributed by atoms with Gasteiger partial charge >= 0.3 is 0 Å². The maximum atomic E-state index is 12.4. The second-order valence-electron chi connectivity index (χ2n) is 3.24. The van der Waals surface area contributed by atoms with E-state index in [4.69, 9.17) is 12.2 Å². The largest absolute Gasteiger partial charge is 0.300 e. The smallest absolute Gasteiger partial charge is 0.292 e. The fraction of sp³-hybridized carbons (Fsp3) is 0.889. The van der Waals surface area contributed by atoms with Gasteiger partial charge < -0.3 is 4.67 Å². The topological polar surface area (TPSA) is 32.3 Å². The van der Waals surface area contributed by atoms with Gasteiger partial charge in [0.15, 0.2) is 0 Å². The minimum absolute atomic E-state index is 0.777. The Kier molecular flexibility index (Phi) is 7.88. The van der Waals surface area contributed by atoms with Gasteiger partial charge in [-0.05, 0) is 26.3 Å². The van der Waals surface area contributed by atoms with Gasteiger partial charge in [-0.15, -0.1) is 0 Å². The third kappa shape index (κ3) is 4.85. The van der Waals surface area contributed by atoms with E-state index in [9.17, 15) is 4.57 Å². The molecule has 0 saturated carbocycles. The molecule has 0 aliphatic carbocycles. The van der Waals surface area contributed by atoms with E-state index in [1.165, 1.54) is 11.4 Å². The van der Waals surface area contributed by atoms with E-state index >= 15 is 0 Å². The van der Waals surface area contributed by atoms with E-state index < -0.39 is 6.65 Å². The summed E-state index contributed by atoms with van der Waals surface area (Å²) < 4.78 is 14.2. The van der Waals surface area contributed by atoms with Crippen LogP contribution in [0.25, 0.3) is 0 Å². The SMILES string of the molecule is CCCSP(=O)(NC)N(C)C(=S)CCC. The molecule has 3 nitrogen and oxygen atoms in total. The highest BCUT2D eigenvalue weighted by Crippen LogP contribution is 2.57. The molecule has 0 aromatic heterocycles. The number of nitrogens with zero attached hydrogens (tertiary/aromatic N) is 1. The lowest BCUT2D eigenvalue weighted by atomic mass is 10.3. The normalized spacial score (nSPS) is 14.7. The minimum atomic E-state index is -2.53. The summed E-state index contributed by atoms with van der Waals surface area (Å²) >= 11 is 6.71. The molecular weight excluding hydrogens is 247 g/mol. The predicted molar refractivity (Wildman–Crippen MR) is 74.7 cm³/mol. The monoisotopic (exact) mass is 268 g/mol. The van der Waals surface area contributed by atoms with Crippen molar-refractivity contribution in [2.24, 2.45) is 0 Å². The van der Waals surface area contributed by atoms with Crippen molar-refractivity contribution in [3.8, 4) is 0 Å².